The van der Waals surface area contributed by atoms with Crippen molar-refractivity contribution in [3.8, 4) is 0 Å². The number of Topliss-reactive ketones (excluding diaryl/α,β-unsaturated/α-hetero) is 1. The molecule has 0 spiro atoms. The number of fused-ring (bicyclic) bond motifs is 1. The zero-order valence-corrected chi connectivity index (χ0v) is 24.8. The molecule has 0 bridgehead atoms. The number of hydrogen-bond donors (Lipinski definition) is 1. The molecule has 0 aliphatic carbocycles. The van der Waals surface area contributed by atoms with Gasteiger partial charge in [0, 0.05) is 31.9 Å². The Morgan fingerprint density at radius 2 is 1.85 bits per heavy atom. The number of anilines is 2. The molecule has 0 fully saturated rings. The lowest BCUT2D eigenvalue weighted by Crippen LogP contribution is -2.37. The van der Waals surface area contributed by atoms with Crippen molar-refractivity contribution < 1.29 is 19.4 Å². The molecule has 0 radical (unpaired) electrons. The average molecular weight is 559 g/mol. The molecular weight excluding hydrogens is 520 g/mol. The minimum Gasteiger partial charge on any atom is -0.443 e. The first-order valence-corrected chi connectivity index (χ1v) is 13.5. The summed E-state index contributed by atoms with van der Waals surface area (Å²) in [6.07, 6.45) is -0.480. The Labute approximate surface area is 234 Å². The van der Waals surface area contributed by atoms with Gasteiger partial charge in [-0.1, -0.05) is 25.4 Å². The minimum absolute atomic E-state index is 0.0340. The number of aryl methyl sites for hydroxylation is 2. The number of aliphatic hydroxyl groups is 1. The van der Waals surface area contributed by atoms with Crippen LogP contribution in [-0.4, -0.2) is 68.6 Å². The molecule has 1 amide bonds. The number of halogens is 1. The topological polar surface area (TPSA) is 114 Å². The predicted octanol–water partition coefficient (Wildman–Crippen LogP) is 4.82. The van der Waals surface area contributed by atoms with Gasteiger partial charge in [0.1, 0.15) is 22.4 Å². The molecule has 212 valence electrons. The summed E-state index contributed by atoms with van der Waals surface area (Å²) in [4.78, 5) is 38.2. The van der Waals surface area contributed by atoms with Crippen molar-refractivity contribution >= 4 is 46.1 Å². The first-order chi connectivity index (χ1) is 18.2. The summed E-state index contributed by atoms with van der Waals surface area (Å²) >= 11 is 6.28. The molecule has 3 heterocycles. The van der Waals surface area contributed by atoms with Crippen LogP contribution in [0, 0.1) is 6.92 Å². The lowest BCUT2D eigenvalue weighted by molar-refractivity contribution is -0.117. The Morgan fingerprint density at radius 3 is 2.44 bits per heavy atom. The zero-order valence-electron chi connectivity index (χ0n) is 24.1. The second kappa shape index (κ2) is 12.3. The van der Waals surface area contributed by atoms with E-state index in [9.17, 15) is 14.7 Å². The number of carbonyl (C=O) groups excluding carboxylic acids is 2. The Hall–Kier alpha value is -3.24. The number of pyridine rings is 2. The minimum atomic E-state index is -0.668. The fourth-order valence-electron chi connectivity index (χ4n) is 4.45. The predicted molar refractivity (Wildman–Crippen MR) is 154 cm³/mol. The fourth-order valence-corrected chi connectivity index (χ4v) is 4.68. The summed E-state index contributed by atoms with van der Waals surface area (Å²) in [5.41, 5.74) is 2.67. The van der Waals surface area contributed by atoms with E-state index in [4.69, 9.17) is 21.3 Å². The summed E-state index contributed by atoms with van der Waals surface area (Å²) in [6.45, 7) is 13.8. The molecule has 0 aliphatic heterocycles. The standard InChI is InChI=1S/C28H39ClN6O4/c1-9-35(27(38)39-28(5,6)7)24-14-19(13-22(29)30-24)12-20(37)16-34(10-11-36)23-15-21(17(2)3)25-18(4)32-33(8)26(25)31-23/h13-15,17,36H,9-12,16H2,1-8H3. The molecule has 3 aromatic rings. The van der Waals surface area contributed by atoms with Crippen LogP contribution in [0.1, 0.15) is 64.3 Å². The summed E-state index contributed by atoms with van der Waals surface area (Å²) in [5, 5.41) is 15.5. The maximum Gasteiger partial charge on any atom is 0.415 e. The van der Waals surface area contributed by atoms with Crippen LogP contribution in [0.3, 0.4) is 0 Å². The van der Waals surface area contributed by atoms with E-state index in [0.29, 0.717) is 23.7 Å². The smallest absolute Gasteiger partial charge is 0.415 e. The van der Waals surface area contributed by atoms with Crippen LogP contribution in [-0.2, 0) is 23.0 Å². The molecule has 1 N–H and O–H groups in total. The molecule has 0 unspecified atom stereocenters. The van der Waals surface area contributed by atoms with Crippen molar-refractivity contribution in [1.29, 1.82) is 0 Å². The lowest BCUT2D eigenvalue weighted by Gasteiger charge is -2.26. The lowest BCUT2D eigenvalue weighted by atomic mass is 9.99. The third kappa shape index (κ3) is 7.45. The van der Waals surface area contributed by atoms with Crippen LogP contribution in [0.5, 0.6) is 0 Å². The summed E-state index contributed by atoms with van der Waals surface area (Å²) in [7, 11) is 1.85. The third-order valence-electron chi connectivity index (χ3n) is 6.12. The molecule has 39 heavy (non-hydrogen) atoms. The van der Waals surface area contributed by atoms with Gasteiger partial charge in [0.15, 0.2) is 11.4 Å². The van der Waals surface area contributed by atoms with Gasteiger partial charge in [-0.15, -0.1) is 0 Å². The Bertz CT molecular complexity index is 1350. The van der Waals surface area contributed by atoms with Gasteiger partial charge in [-0.05, 0) is 69.9 Å². The molecule has 3 rings (SSSR count). The first kappa shape index (κ1) is 30.3. The van der Waals surface area contributed by atoms with Crippen LogP contribution >= 0.6 is 11.6 Å². The number of hydrogen-bond acceptors (Lipinski definition) is 8. The molecule has 3 aromatic heterocycles. The van der Waals surface area contributed by atoms with E-state index in [0.717, 1.165) is 22.3 Å². The Balaban J connectivity index is 1.87. The summed E-state index contributed by atoms with van der Waals surface area (Å²) < 4.78 is 7.23. The second-order valence-electron chi connectivity index (χ2n) is 10.9. The van der Waals surface area contributed by atoms with E-state index in [1.54, 1.807) is 42.5 Å². The zero-order chi connectivity index (χ0) is 29.1. The molecule has 0 atom stereocenters. The molecule has 11 heteroatoms. The molecule has 10 nitrogen and oxygen atoms in total. The van der Waals surface area contributed by atoms with Gasteiger partial charge < -0.3 is 14.7 Å². The summed E-state index contributed by atoms with van der Waals surface area (Å²) in [5.74, 6) is 1.03. The van der Waals surface area contributed by atoms with Crippen LogP contribution in [0.15, 0.2) is 18.2 Å². The second-order valence-corrected chi connectivity index (χ2v) is 11.3. The van der Waals surface area contributed by atoms with E-state index in [-0.39, 0.29) is 43.0 Å². The van der Waals surface area contributed by atoms with Crippen LogP contribution in [0.2, 0.25) is 5.15 Å². The van der Waals surface area contributed by atoms with Gasteiger partial charge in [-0.2, -0.15) is 5.10 Å². The molecule has 0 saturated carbocycles. The van der Waals surface area contributed by atoms with Crippen molar-refractivity contribution in [2.24, 2.45) is 7.05 Å². The normalized spacial score (nSPS) is 11.8. The SMILES string of the molecule is CCN(C(=O)OC(C)(C)C)c1cc(CC(=O)CN(CCO)c2cc(C(C)C)c3c(C)nn(C)c3n2)cc(Cl)n1. The van der Waals surface area contributed by atoms with Crippen molar-refractivity contribution in [3.63, 3.8) is 0 Å². The van der Waals surface area contributed by atoms with E-state index in [1.165, 1.54) is 4.90 Å². The van der Waals surface area contributed by atoms with E-state index in [2.05, 4.69) is 23.9 Å². The van der Waals surface area contributed by atoms with Gasteiger partial charge in [0.25, 0.3) is 0 Å². The highest BCUT2D eigenvalue weighted by Gasteiger charge is 2.25. The number of aliphatic hydroxyl groups excluding tert-OH is 1. The number of rotatable bonds is 10. The average Bonchev–Trinajstić information content (AvgIpc) is 3.10. The van der Waals surface area contributed by atoms with Gasteiger partial charge in [0.2, 0.25) is 0 Å². The van der Waals surface area contributed by atoms with Crippen LogP contribution < -0.4 is 9.80 Å². The number of ketones is 1. The molecule has 0 aliphatic rings. The monoisotopic (exact) mass is 558 g/mol. The number of ether oxygens (including phenoxy) is 1. The highest BCUT2D eigenvalue weighted by Crippen LogP contribution is 2.30. The maximum absolute atomic E-state index is 13.3. The van der Waals surface area contributed by atoms with Gasteiger partial charge in [0.05, 0.1) is 18.8 Å². The highest BCUT2D eigenvalue weighted by atomic mass is 35.5. The van der Waals surface area contributed by atoms with Crippen molar-refractivity contribution in [1.82, 2.24) is 19.7 Å². The van der Waals surface area contributed by atoms with Crippen LogP contribution in [0.25, 0.3) is 11.0 Å². The van der Waals surface area contributed by atoms with Crippen LogP contribution in [0.4, 0.5) is 16.4 Å². The maximum atomic E-state index is 13.3. The highest BCUT2D eigenvalue weighted by molar-refractivity contribution is 6.29. The number of nitrogens with zero attached hydrogens (tertiary/aromatic N) is 6. The molecule has 0 saturated heterocycles. The quantitative estimate of drug-likeness (QED) is 0.352. The van der Waals surface area contributed by atoms with Crippen molar-refractivity contribution in [2.75, 3.05) is 36.0 Å². The fraction of sp³-hybridized carbons (Fsp3) is 0.536. The molecule has 0 aromatic carbocycles. The Morgan fingerprint density at radius 1 is 1.15 bits per heavy atom. The van der Waals surface area contributed by atoms with Gasteiger partial charge in [-0.25, -0.2) is 14.8 Å². The van der Waals surface area contributed by atoms with Crippen molar-refractivity contribution in [2.45, 2.75) is 66.4 Å². The number of carbonyl (C=O) groups is 2. The third-order valence-corrected chi connectivity index (χ3v) is 6.31. The number of aromatic nitrogens is 4. The summed E-state index contributed by atoms with van der Waals surface area (Å²) in [6, 6.07) is 5.26. The Kier molecular flexibility index (Phi) is 9.55. The van der Waals surface area contributed by atoms with E-state index < -0.39 is 11.7 Å². The van der Waals surface area contributed by atoms with Crippen molar-refractivity contribution in [3.05, 3.63) is 40.2 Å². The largest absolute Gasteiger partial charge is 0.443 e. The first-order valence-electron chi connectivity index (χ1n) is 13.1. The van der Waals surface area contributed by atoms with Gasteiger partial charge >= 0.3 is 6.09 Å². The van der Waals surface area contributed by atoms with E-state index in [1.807, 2.05) is 27.0 Å². The number of amides is 1. The van der Waals surface area contributed by atoms with E-state index >= 15 is 0 Å². The van der Waals surface area contributed by atoms with Gasteiger partial charge in [-0.3, -0.25) is 14.4 Å². The molecular formula is C28H39ClN6O4.